The van der Waals surface area contributed by atoms with E-state index < -0.39 is 23.8 Å². The molecule has 2 fully saturated rings. The van der Waals surface area contributed by atoms with E-state index in [2.05, 4.69) is 9.97 Å². The smallest absolute Gasteiger partial charge is 0.433 e. The first-order valence-electron chi connectivity index (χ1n) is 7.87. The first-order valence-corrected chi connectivity index (χ1v) is 7.87. The number of alkyl halides is 3. The molecule has 0 amide bonds. The first-order chi connectivity index (χ1) is 11.2. The number of carbonyl (C=O) groups is 1. The zero-order chi connectivity index (χ0) is 17.6. The number of carboxylic acid groups (broad SMARTS) is 1. The third-order valence-corrected chi connectivity index (χ3v) is 4.90. The van der Waals surface area contributed by atoms with Gasteiger partial charge in [0.1, 0.15) is 5.82 Å². The maximum absolute atomic E-state index is 13.1. The van der Waals surface area contributed by atoms with Crippen molar-refractivity contribution in [2.24, 2.45) is 11.8 Å². The zero-order valence-corrected chi connectivity index (χ0v) is 13.4. The summed E-state index contributed by atoms with van der Waals surface area (Å²) in [5, 5.41) is 9.01. The average Bonchev–Trinajstić information content (AvgIpc) is 2.42. The summed E-state index contributed by atoms with van der Waals surface area (Å²) in [6, 6.07) is 1.06. The minimum absolute atomic E-state index is 0.0850. The van der Waals surface area contributed by atoms with Gasteiger partial charge in [0.25, 0.3) is 0 Å². The van der Waals surface area contributed by atoms with Gasteiger partial charge in [-0.15, -0.1) is 0 Å². The van der Waals surface area contributed by atoms with Crippen LogP contribution < -0.4 is 9.80 Å². The third-order valence-electron chi connectivity index (χ3n) is 4.90. The van der Waals surface area contributed by atoms with Crippen molar-refractivity contribution in [1.29, 1.82) is 0 Å². The highest BCUT2D eigenvalue weighted by Crippen LogP contribution is 2.35. The third kappa shape index (κ3) is 2.99. The Bertz CT molecular complexity index is 646. The minimum Gasteiger partial charge on any atom is -0.481 e. The Balaban J connectivity index is 1.83. The van der Waals surface area contributed by atoms with Gasteiger partial charge in [0.15, 0.2) is 5.69 Å². The van der Waals surface area contributed by atoms with Crippen molar-refractivity contribution in [2.45, 2.75) is 32.5 Å². The highest BCUT2D eigenvalue weighted by atomic mass is 19.4. The number of hydrogen-bond donors (Lipinski definition) is 1. The molecule has 3 rings (SSSR count). The number of hydrogen-bond acceptors (Lipinski definition) is 5. The molecule has 9 heteroatoms. The molecule has 2 atom stereocenters. The van der Waals surface area contributed by atoms with E-state index in [-0.39, 0.29) is 23.7 Å². The number of aliphatic carboxylic acids is 1. The fourth-order valence-corrected chi connectivity index (χ4v) is 2.89. The zero-order valence-electron chi connectivity index (χ0n) is 13.4. The van der Waals surface area contributed by atoms with Gasteiger partial charge in [-0.2, -0.15) is 18.2 Å². The molecule has 1 aromatic rings. The summed E-state index contributed by atoms with van der Waals surface area (Å²) in [7, 11) is 0. The molecule has 2 aliphatic heterocycles. The summed E-state index contributed by atoms with van der Waals surface area (Å²) in [5.74, 6) is -1.21. The molecule has 2 unspecified atom stereocenters. The first kappa shape index (κ1) is 16.8. The molecule has 1 N–H and O–H groups in total. The van der Waals surface area contributed by atoms with Crippen LogP contribution in [-0.2, 0) is 11.0 Å². The Morgan fingerprint density at radius 1 is 1.38 bits per heavy atom. The van der Waals surface area contributed by atoms with Gasteiger partial charge < -0.3 is 14.9 Å². The molecule has 0 radical (unpaired) electrons. The largest absolute Gasteiger partial charge is 0.481 e. The molecule has 2 saturated heterocycles. The van der Waals surface area contributed by atoms with Gasteiger partial charge in [0, 0.05) is 37.7 Å². The summed E-state index contributed by atoms with van der Waals surface area (Å²) in [4.78, 5) is 22.4. The van der Waals surface area contributed by atoms with Crippen LogP contribution in [0.25, 0.3) is 0 Å². The van der Waals surface area contributed by atoms with Gasteiger partial charge in [0.2, 0.25) is 5.95 Å². The molecule has 3 heterocycles. The van der Waals surface area contributed by atoms with Crippen LogP contribution in [0.1, 0.15) is 26.0 Å². The summed E-state index contributed by atoms with van der Waals surface area (Å²) in [6.45, 7) is 4.94. The van der Waals surface area contributed by atoms with E-state index in [4.69, 9.17) is 5.11 Å². The number of halogens is 3. The van der Waals surface area contributed by atoms with Crippen molar-refractivity contribution in [2.75, 3.05) is 29.4 Å². The molecular formula is C15H19F3N4O2. The molecular weight excluding hydrogens is 325 g/mol. The van der Waals surface area contributed by atoms with E-state index >= 15 is 0 Å². The van der Waals surface area contributed by atoms with Crippen LogP contribution in [0.5, 0.6) is 0 Å². The van der Waals surface area contributed by atoms with Crippen molar-refractivity contribution in [1.82, 2.24) is 9.97 Å². The SMILES string of the molecule is CC(C(=O)O)C1CN(c2cc(C(F)(F)F)nc(N3CCC3C)n2)C1. The van der Waals surface area contributed by atoms with Gasteiger partial charge in [-0.25, -0.2) is 4.98 Å². The standard InChI is InChI=1S/C15H19F3N4O2/c1-8-3-4-22(8)14-19-11(15(16,17)18)5-12(20-14)21-6-10(7-21)9(2)13(23)24/h5,8-10H,3-4,6-7H2,1-2H3,(H,23,24). The summed E-state index contributed by atoms with van der Waals surface area (Å²) < 4.78 is 39.4. The summed E-state index contributed by atoms with van der Waals surface area (Å²) >= 11 is 0. The van der Waals surface area contributed by atoms with Crippen molar-refractivity contribution < 1.29 is 23.1 Å². The van der Waals surface area contributed by atoms with Gasteiger partial charge in [-0.3, -0.25) is 4.79 Å². The van der Waals surface area contributed by atoms with E-state index in [0.717, 1.165) is 12.5 Å². The molecule has 0 bridgehead atoms. The van der Waals surface area contributed by atoms with Gasteiger partial charge >= 0.3 is 12.1 Å². The predicted molar refractivity (Wildman–Crippen MR) is 81.0 cm³/mol. The maximum Gasteiger partial charge on any atom is 0.433 e. The molecule has 132 valence electrons. The molecule has 0 spiro atoms. The van der Waals surface area contributed by atoms with Crippen LogP contribution in [0.4, 0.5) is 24.9 Å². The molecule has 0 saturated carbocycles. The topological polar surface area (TPSA) is 69.6 Å². The van der Waals surface area contributed by atoms with Crippen LogP contribution in [0.3, 0.4) is 0 Å². The van der Waals surface area contributed by atoms with Crippen LogP contribution >= 0.6 is 0 Å². The Morgan fingerprint density at radius 3 is 2.50 bits per heavy atom. The molecule has 0 aliphatic carbocycles. The van der Waals surface area contributed by atoms with Crippen LogP contribution in [0, 0.1) is 11.8 Å². The van der Waals surface area contributed by atoms with E-state index in [9.17, 15) is 18.0 Å². The van der Waals surface area contributed by atoms with E-state index in [0.29, 0.717) is 19.6 Å². The van der Waals surface area contributed by atoms with Crippen molar-refractivity contribution in [3.8, 4) is 0 Å². The number of aromatic nitrogens is 2. The number of nitrogens with zero attached hydrogens (tertiary/aromatic N) is 4. The van der Waals surface area contributed by atoms with Crippen LogP contribution in [-0.4, -0.2) is 46.7 Å². The fraction of sp³-hybridized carbons (Fsp3) is 0.667. The second kappa shape index (κ2) is 5.78. The normalized spacial score (nSPS) is 22.8. The monoisotopic (exact) mass is 344 g/mol. The quantitative estimate of drug-likeness (QED) is 0.903. The van der Waals surface area contributed by atoms with Crippen molar-refractivity contribution in [3.05, 3.63) is 11.8 Å². The fourth-order valence-electron chi connectivity index (χ4n) is 2.89. The second-order valence-corrected chi connectivity index (χ2v) is 6.53. The number of carboxylic acids is 1. The van der Waals surface area contributed by atoms with Gasteiger partial charge in [0.05, 0.1) is 5.92 Å². The van der Waals surface area contributed by atoms with E-state index in [1.54, 1.807) is 16.7 Å². The van der Waals surface area contributed by atoms with Crippen molar-refractivity contribution in [3.63, 3.8) is 0 Å². The van der Waals surface area contributed by atoms with E-state index in [1.165, 1.54) is 0 Å². The second-order valence-electron chi connectivity index (χ2n) is 6.53. The Labute approximate surface area is 137 Å². The Hall–Kier alpha value is -2.06. The molecule has 2 aliphatic rings. The Kier molecular flexibility index (Phi) is 4.05. The lowest BCUT2D eigenvalue weighted by molar-refractivity contribution is -0.143. The predicted octanol–water partition coefficient (Wildman–Crippen LogP) is 2.25. The van der Waals surface area contributed by atoms with Gasteiger partial charge in [-0.05, 0) is 13.3 Å². The number of rotatable bonds is 4. The van der Waals surface area contributed by atoms with Crippen molar-refractivity contribution >= 4 is 17.7 Å². The molecule has 24 heavy (non-hydrogen) atoms. The lowest BCUT2D eigenvalue weighted by atomic mass is 9.87. The lowest BCUT2D eigenvalue weighted by Crippen LogP contribution is -2.52. The van der Waals surface area contributed by atoms with E-state index in [1.807, 2.05) is 6.92 Å². The maximum atomic E-state index is 13.1. The van der Waals surface area contributed by atoms with Crippen LogP contribution in [0.15, 0.2) is 6.07 Å². The van der Waals surface area contributed by atoms with Crippen LogP contribution in [0.2, 0.25) is 0 Å². The van der Waals surface area contributed by atoms with Gasteiger partial charge in [-0.1, -0.05) is 6.92 Å². The number of anilines is 2. The highest BCUT2D eigenvalue weighted by Gasteiger charge is 2.39. The average molecular weight is 344 g/mol. The molecule has 6 nitrogen and oxygen atoms in total. The summed E-state index contributed by atoms with van der Waals surface area (Å²) in [6.07, 6.45) is -3.64. The summed E-state index contributed by atoms with van der Waals surface area (Å²) in [5.41, 5.74) is -0.962. The Morgan fingerprint density at radius 2 is 2.04 bits per heavy atom. The molecule has 0 aromatic carbocycles. The molecule has 1 aromatic heterocycles. The minimum atomic E-state index is -4.54. The highest BCUT2D eigenvalue weighted by molar-refractivity contribution is 5.70. The lowest BCUT2D eigenvalue weighted by Gasteiger charge is -2.43.